The van der Waals surface area contributed by atoms with E-state index in [9.17, 15) is 14.4 Å². The van der Waals surface area contributed by atoms with Crippen LogP contribution < -0.4 is 0 Å². The zero-order valence-electron chi connectivity index (χ0n) is 5.07. The zero-order chi connectivity index (χ0) is 7.56. The highest BCUT2D eigenvalue weighted by Crippen LogP contribution is 2.10. The fourth-order valence-corrected chi connectivity index (χ4v) is 0.717. The summed E-state index contributed by atoms with van der Waals surface area (Å²) >= 11 is 0. The summed E-state index contributed by atoms with van der Waals surface area (Å²) in [6.45, 7) is 0.0567. The topological polar surface area (TPSA) is 63.7 Å². The predicted molar refractivity (Wildman–Crippen MR) is 35.0 cm³/mol. The van der Waals surface area contributed by atoms with Crippen LogP contribution in [0.1, 0.15) is 20.3 Å². The molecule has 0 bridgehead atoms. The van der Waals surface area contributed by atoms with E-state index < -0.39 is 11.8 Å². The van der Waals surface area contributed by atoms with Crippen molar-refractivity contribution in [2.75, 3.05) is 0 Å². The highest BCUT2D eigenvalue weighted by atomic mass is 16.7. The maximum Gasteiger partial charge on any atom is 0.321 e. The summed E-state index contributed by atoms with van der Waals surface area (Å²) in [5, 5.41) is 0.479. The monoisotopic (exact) mass is 159 g/mol. The number of imide groups is 1. The molecule has 0 saturated carbocycles. The van der Waals surface area contributed by atoms with Gasteiger partial charge in [-0.25, -0.2) is 0 Å². The molecule has 0 N–H and O–H groups in total. The quantitative estimate of drug-likeness (QED) is 0.415. The molecule has 11 heavy (non-hydrogen) atoms. The van der Waals surface area contributed by atoms with Gasteiger partial charge in [-0.3, -0.25) is 14.4 Å². The first-order chi connectivity index (χ1) is 4.75. The molecule has 1 fully saturated rings. The first kappa shape index (κ1) is 9.61. The average Bonchev–Trinajstić information content (AvgIpc) is 2.20. The minimum atomic E-state index is -0.461. The van der Waals surface area contributed by atoms with Gasteiger partial charge in [0.2, 0.25) is 0 Å². The molecular formula is C6H9NO4. The van der Waals surface area contributed by atoms with Gasteiger partial charge in [-0.05, 0) is 0 Å². The van der Waals surface area contributed by atoms with Gasteiger partial charge in [0.25, 0.3) is 11.8 Å². The Kier molecular flexibility index (Phi) is 3.23. The van der Waals surface area contributed by atoms with Crippen LogP contribution in [0.5, 0.6) is 0 Å². The second-order valence-electron chi connectivity index (χ2n) is 1.78. The van der Waals surface area contributed by atoms with Crippen LogP contribution in [0.2, 0.25) is 0 Å². The van der Waals surface area contributed by atoms with Crippen molar-refractivity contribution in [1.82, 2.24) is 5.06 Å². The lowest BCUT2D eigenvalue weighted by Gasteiger charge is -2.06. The van der Waals surface area contributed by atoms with Gasteiger partial charge in [0.1, 0.15) is 0 Å². The number of amides is 2. The Morgan fingerprint density at radius 2 is 1.73 bits per heavy atom. The summed E-state index contributed by atoms with van der Waals surface area (Å²) in [5.41, 5.74) is 0. The summed E-state index contributed by atoms with van der Waals surface area (Å²) in [6.07, 6.45) is 0.263. The Labute approximate surface area is 63.9 Å². The predicted octanol–water partition coefficient (Wildman–Crippen LogP) is -0.141. The molecule has 0 spiro atoms. The largest absolute Gasteiger partial charge is 0.334 e. The third-order valence-corrected chi connectivity index (χ3v) is 1.15. The van der Waals surface area contributed by atoms with Crippen molar-refractivity contribution >= 4 is 18.3 Å². The Balaban J connectivity index is 0.000001000. The van der Waals surface area contributed by atoms with Crippen LogP contribution >= 0.6 is 0 Å². The van der Waals surface area contributed by atoms with Crippen LogP contribution in [0.25, 0.3) is 0 Å². The first-order valence-corrected chi connectivity index (χ1v) is 2.72. The number of hydrogen-bond donors (Lipinski definition) is 0. The number of hydrogen-bond acceptors (Lipinski definition) is 4. The van der Waals surface area contributed by atoms with Gasteiger partial charge >= 0.3 is 6.47 Å². The third-order valence-electron chi connectivity index (χ3n) is 1.15. The molecule has 0 unspecified atom stereocenters. The number of hydroxylamine groups is 2. The fraction of sp³-hybridized carbons (Fsp3) is 0.500. The van der Waals surface area contributed by atoms with E-state index in [-0.39, 0.29) is 26.7 Å². The van der Waals surface area contributed by atoms with Gasteiger partial charge in [0.15, 0.2) is 0 Å². The van der Waals surface area contributed by atoms with E-state index in [1.165, 1.54) is 0 Å². The second kappa shape index (κ2) is 3.70. The van der Waals surface area contributed by atoms with E-state index in [0.29, 0.717) is 5.06 Å². The van der Waals surface area contributed by atoms with E-state index in [1.54, 1.807) is 0 Å². The summed E-state index contributed by atoms with van der Waals surface area (Å²) in [4.78, 5) is 35.0. The van der Waals surface area contributed by atoms with Crippen LogP contribution in [0, 0.1) is 0 Å². The Morgan fingerprint density at radius 3 is 2.09 bits per heavy atom. The van der Waals surface area contributed by atoms with E-state index in [1.807, 2.05) is 0 Å². The van der Waals surface area contributed by atoms with Crippen molar-refractivity contribution in [3.63, 3.8) is 0 Å². The van der Waals surface area contributed by atoms with Crippen molar-refractivity contribution in [3.8, 4) is 0 Å². The van der Waals surface area contributed by atoms with E-state index in [4.69, 9.17) is 0 Å². The maximum atomic E-state index is 10.6. The lowest BCUT2D eigenvalue weighted by molar-refractivity contribution is -0.188. The summed E-state index contributed by atoms with van der Waals surface area (Å²) in [5.74, 6) is -0.922. The molecule has 0 aromatic carbocycles. The molecule has 1 saturated heterocycles. The molecule has 1 aliphatic rings. The van der Waals surface area contributed by atoms with Crippen LogP contribution in [0.4, 0.5) is 0 Å². The molecule has 0 radical (unpaired) electrons. The van der Waals surface area contributed by atoms with Crippen molar-refractivity contribution in [1.29, 1.82) is 0 Å². The second-order valence-corrected chi connectivity index (χ2v) is 1.78. The van der Waals surface area contributed by atoms with Crippen molar-refractivity contribution in [2.24, 2.45) is 0 Å². The van der Waals surface area contributed by atoms with Gasteiger partial charge in [-0.1, -0.05) is 7.43 Å². The molecule has 2 amide bonds. The van der Waals surface area contributed by atoms with Crippen LogP contribution in [-0.4, -0.2) is 23.3 Å². The first-order valence-electron chi connectivity index (χ1n) is 2.72. The number of carbonyl (C=O) groups is 3. The highest BCUT2D eigenvalue weighted by Gasteiger charge is 2.30. The lowest BCUT2D eigenvalue weighted by atomic mass is 10.4. The lowest BCUT2D eigenvalue weighted by Crippen LogP contribution is -2.28. The average molecular weight is 159 g/mol. The normalized spacial score (nSPS) is 16.2. The molecule has 62 valence electrons. The van der Waals surface area contributed by atoms with E-state index >= 15 is 0 Å². The minimum absolute atomic E-state index is 0. The molecule has 0 aromatic rings. The van der Waals surface area contributed by atoms with Crippen molar-refractivity contribution < 1.29 is 19.2 Å². The van der Waals surface area contributed by atoms with Crippen LogP contribution in [0.15, 0.2) is 0 Å². The molecule has 1 rings (SSSR count). The summed E-state index contributed by atoms with van der Waals surface area (Å²) in [7, 11) is 0. The molecule has 5 heteroatoms. The number of carbonyl (C=O) groups excluding carboxylic acids is 3. The molecule has 0 aromatic heterocycles. The summed E-state index contributed by atoms with van der Waals surface area (Å²) in [6, 6.07) is 0. The standard InChI is InChI=1S/C5H5NO4.CH4/c7-3-10-6-4(8)1-2-5(6)9;/h3H,1-2H2;1H4. The summed E-state index contributed by atoms with van der Waals surface area (Å²) < 4.78 is 0. The molecular weight excluding hydrogens is 150 g/mol. The fourth-order valence-electron chi connectivity index (χ4n) is 0.717. The number of rotatable bonds is 2. The third kappa shape index (κ3) is 1.76. The van der Waals surface area contributed by atoms with Gasteiger partial charge in [0, 0.05) is 12.8 Å². The van der Waals surface area contributed by atoms with Gasteiger partial charge in [-0.2, -0.15) is 0 Å². The van der Waals surface area contributed by atoms with Gasteiger partial charge in [0.05, 0.1) is 0 Å². The van der Waals surface area contributed by atoms with Gasteiger partial charge in [-0.15, -0.1) is 5.06 Å². The Bertz CT molecular complexity index is 173. The molecule has 1 aliphatic heterocycles. The van der Waals surface area contributed by atoms with Crippen LogP contribution in [-0.2, 0) is 19.2 Å². The maximum absolute atomic E-state index is 10.6. The Morgan fingerprint density at radius 1 is 1.27 bits per heavy atom. The number of nitrogens with zero attached hydrogens (tertiary/aromatic N) is 1. The zero-order valence-corrected chi connectivity index (χ0v) is 5.07. The molecule has 1 heterocycles. The minimum Gasteiger partial charge on any atom is -0.334 e. The molecule has 0 aliphatic carbocycles. The van der Waals surface area contributed by atoms with E-state index in [0.717, 1.165) is 0 Å². The van der Waals surface area contributed by atoms with E-state index in [2.05, 4.69) is 4.84 Å². The van der Waals surface area contributed by atoms with Crippen molar-refractivity contribution in [2.45, 2.75) is 20.3 Å². The smallest absolute Gasteiger partial charge is 0.321 e. The highest BCUT2D eigenvalue weighted by molar-refractivity contribution is 6.01. The molecule has 5 nitrogen and oxygen atoms in total. The molecule has 0 atom stereocenters. The Hall–Kier alpha value is -1.39. The van der Waals surface area contributed by atoms with Crippen LogP contribution in [0.3, 0.4) is 0 Å². The van der Waals surface area contributed by atoms with Gasteiger partial charge < -0.3 is 4.84 Å². The SMILES string of the molecule is C.O=CON1C(=O)CCC1=O. The van der Waals surface area contributed by atoms with Crippen molar-refractivity contribution in [3.05, 3.63) is 0 Å².